The van der Waals surface area contributed by atoms with Gasteiger partial charge in [-0.25, -0.2) is 9.97 Å². The fourth-order valence-corrected chi connectivity index (χ4v) is 2.91. The molecule has 0 aliphatic heterocycles. The Labute approximate surface area is 126 Å². The number of aromatic nitrogens is 2. The molecule has 0 aliphatic rings. The maximum Gasteiger partial charge on any atom is 0.192 e. The lowest BCUT2D eigenvalue weighted by atomic mass is 10.2. The van der Waals surface area contributed by atoms with Crippen molar-refractivity contribution in [1.29, 1.82) is 0 Å². The van der Waals surface area contributed by atoms with Gasteiger partial charge in [-0.2, -0.15) is 0 Å². The molecule has 0 spiro atoms. The smallest absolute Gasteiger partial charge is 0.192 e. The summed E-state index contributed by atoms with van der Waals surface area (Å²) in [4.78, 5) is 9.74. The predicted octanol–water partition coefficient (Wildman–Crippen LogP) is 3.81. The highest BCUT2D eigenvalue weighted by Crippen LogP contribution is 2.32. The molecule has 0 atom stereocenters. The van der Waals surface area contributed by atoms with E-state index in [4.69, 9.17) is 0 Å². The van der Waals surface area contributed by atoms with Crippen molar-refractivity contribution in [1.82, 2.24) is 15.3 Å². The van der Waals surface area contributed by atoms with Gasteiger partial charge < -0.3 is 5.32 Å². The van der Waals surface area contributed by atoms with E-state index in [1.165, 1.54) is 5.56 Å². The third-order valence-corrected chi connectivity index (χ3v) is 4.42. The molecule has 0 aliphatic carbocycles. The average molecular weight is 338 g/mol. The summed E-state index contributed by atoms with van der Waals surface area (Å²) in [5.74, 6) is 0. The Morgan fingerprint density at radius 2 is 2.00 bits per heavy atom. The van der Waals surface area contributed by atoms with Gasteiger partial charge in [0.15, 0.2) is 5.16 Å². The number of nitrogens with one attached hydrogen (secondary N) is 1. The summed E-state index contributed by atoms with van der Waals surface area (Å²) >= 11 is 5.17. The lowest BCUT2D eigenvalue weighted by Crippen LogP contribution is -2.11. The van der Waals surface area contributed by atoms with Gasteiger partial charge in [0.25, 0.3) is 0 Å². The first-order chi connectivity index (χ1) is 9.19. The Morgan fingerprint density at radius 1 is 1.26 bits per heavy atom. The normalized spacial score (nSPS) is 10.7. The van der Waals surface area contributed by atoms with Crippen LogP contribution in [0.4, 0.5) is 0 Å². The van der Waals surface area contributed by atoms with E-state index in [0.717, 1.165) is 33.2 Å². The minimum Gasteiger partial charge on any atom is -0.313 e. The van der Waals surface area contributed by atoms with Gasteiger partial charge >= 0.3 is 0 Å². The van der Waals surface area contributed by atoms with E-state index < -0.39 is 0 Å². The second-order valence-corrected chi connectivity index (χ2v) is 6.05. The number of aryl methyl sites for hydroxylation is 1. The summed E-state index contributed by atoms with van der Waals surface area (Å²) in [5.41, 5.74) is 2.34. The van der Waals surface area contributed by atoms with E-state index in [0.29, 0.717) is 0 Å². The van der Waals surface area contributed by atoms with E-state index >= 15 is 0 Å². The summed E-state index contributed by atoms with van der Waals surface area (Å²) in [6.45, 7) is 5.96. The third-order valence-electron chi connectivity index (χ3n) is 2.53. The van der Waals surface area contributed by atoms with Crippen LogP contribution < -0.4 is 5.32 Å². The van der Waals surface area contributed by atoms with Gasteiger partial charge in [0.2, 0.25) is 0 Å². The largest absolute Gasteiger partial charge is 0.313 e. The van der Waals surface area contributed by atoms with Gasteiger partial charge in [0, 0.05) is 28.3 Å². The second kappa shape index (κ2) is 7.03. The lowest BCUT2D eigenvalue weighted by molar-refractivity contribution is 0.726. The van der Waals surface area contributed by atoms with Crippen LogP contribution in [0.2, 0.25) is 0 Å². The van der Waals surface area contributed by atoms with Crippen LogP contribution in [0.15, 0.2) is 45.1 Å². The molecule has 3 nitrogen and oxygen atoms in total. The van der Waals surface area contributed by atoms with E-state index in [-0.39, 0.29) is 0 Å². The Balaban J connectivity index is 2.10. The summed E-state index contributed by atoms with van der Waals surface area (Å²) in [6.07, 6.45) is 3.67. The highest BCUT2D eigenvalue weighted by atomic mass is 79.9. The molecule has 100 valence electrons. The number of rotatable bonds is 5. The maximum absolute atomic E-state index is 4.31. The number of nitrogens with zero attached hydrogens (tertiary/aromatic N) is 2. The zero-order valence-electron chi connectivity index (χ0n) is 11.0. The fourth-order valence-electron chi connectivity index (χ4n) is 1.54. The number of benzene rings is 1. The molecule has 0 radical (unpaired) electrons. The van der Waals surface area contributed by atoms with E-state index in [2.05, 4.69) is 56.3 Å². The molecule has 1 aromatic heterocycles. The first kappa shape index (κ1) is 14.5. The highest BCUT2D eigenvalue weighted by Gasteiger charge is 2.05. The van der Waals surface area contributed by atoms with Crippen molar-refractivity contribution in [2.45, 2.75) is 30.4 Å². The first-order valence-electron chi connectivity index (χ1n) is 6.14. The second-order valence-electron chi connectivity index (χ2n) is 4.19. The van der Waals surface area contributed by atoms with Gasteiger partial charge in [0.1, 0.15) is 0 Å². The van der Waals surface area contributed by atoms with E-state index in [9.17, 15) is 0 Å². The summed E-state index contributed by atoms with van der Waals surface area (Å²) in [7, 11) is 0. The molecule has 1 heterocycles. The van der Waals surface area contributed by atoms with Crippen molar-refractivity contribution in [2.24, 2.45) is 0 Å². The van der Waals surface area contributed by atoms with Crippen LogP contribution in [0, 0.1) is 6.92 Å². The SMILES string of the molecule is CCNCc1ccc(Sc2ncc(C)cn2)c(Br)c1. The van der Waals surface area contributed by atoms with Crippen molar-refractivity contribution in [3.63, 3.8) is 0 Å². The summed E-state index contributed by atoms with van der Waals surface area (Å²) < 4.78 is 1.08. The van der Waals surface area contributed by atoms with Crippen LogP contribution in [-0.2, 0) is 6.54 Å². The molecule has 5 heteroatoms. The maximum atomic E-state index is 4.31. The molecule has 1 N–H and O–H groups in total. The zero-order valence-corrected chi connectivity index (χ0v) is 13.4. The van der Waals surface area contributed by atoms with E-state index in [1.807, 2.05) is 19.3 Å². The Morgan fingerprint density at radius 3 is 2.63 bits per heavy atom. The minimum atomic E-state index is 0.769. The molecule has 0 unspecified atom stereocenters. The van der Waals surface area contributed by atoms with Crippen molar-refractivity contribution in [2.75, 3.05) is 6.54 Å². The van der Waals surface area contributed by atoms with Crippen LogP contribution >= 0.6 is 27.7 Å². The average Bonchev–Trinajstić information content (AvgIpc) is 2.41. The van der Waals surface area contributed by atoms with Gasteiger partial charge in [-0.15, -0.1) is 0 Å². The minimum absolute atomic E-state index is 0.769. The molecule has 1 aromatic carbocycles. The van der Waals surface area contributed by atoms with Crippen LogP contribution in [0.25, 0.3) is 0 Å². The van der Waals surface area contributed by atoms with Gasteiger partial charge in [0.05, 0.1) is 0 Å². The molecule has 0 fully saturated rings. The quantitative estimate of drug-likeness (QED) is 0.842. The first-order valence-corrected chi connectivity index (χ1v) is 7.75. The molecular formula is C14H16BrN3S. The predicted molar refractivity (Wildman–Crippen MR) is 82.4 cm³/mol. The topological polar surface area (TPSA) is 37.8 Å². The molecular weight excluding hydrogens is 322 g/mol. The van der Waals surface area contributed by atoms with Crippen LogP contribution in [0.3, 0.4) is 0 Å². The Kier molecular flexibility index (Phi) is 5.36. The molecule has 0 amide bonds. The Bertz CT molecular complexity index is 543. The molecule has 0 saturated carbocycles. The molecule has 2 rings (SSSR count). The molecule has 2 aromatic rings. The summed E-state index contributed by atoms with van der Waals surface area (Å²) in [5, 5.41) is 4.08. The van der Waals surface area contributed by atoms with Crippen LogP contribution in [0.5, 0.6) is 0 Å². The van der Waals surface area contributed by atoms with Crippen LogP contribution in [-0.4, -0.2) is 16.5 Å². The standard InChI is InChI=1S/C14H16BrN3S/c1-3-16-9-11-4-5-13(12(15)6-11)19-14-17-7-10(2)8-18-14/h4-8,16H,3,9H2,1-2H3. The number of halogens is 1. The monoisotopic (exact) mass is 337 g/mol. The Hall–Kier alpha value is -0.910. The zero-order chi connectivity index (χ0) is 13.7. The van der Waals surface area contributed by atoms with Gasteiger partial charge in [-0.3, -0.25) is 0 Å². The van der Waals surface area contributed by atoms with Crippen molar-refractivity contribution < 1.29 is 0 Å². The number of hydrogen-bond donors (Lipinski definition) is 1. The van der Waals surface area contributed by atoms with Gasteiger partial charge in [-0.1, -0.05) is 13.0 Å². The molecule has 19 heavy (non-hydrogen) atoms. The summed E-state index contributed by atoms with van der Waals surface area (Å²) in [6, 6.07) is 6.37. The molecule has 0 bridgehead atoms. The number of hydrogen-bond acceptors (Lipinski definition) is 4. The van der Waals surface area contributed by atoms with Crippen LogP contribution in [0.1, 0.15) is 18.1 Å². The highest BCUT2D eigenvalue weighted by molar-refractivity contribution is 9.10. The third kappa shape index (κ3) is 4.30. The molecule has 0 saturated heterocycles. The van der Waals surface area contributed by atoms with E-state index in [1.54, 1.807) is 11.8 Å². The fraction of sp³-hybridized carbons (Fsp3) is 0.286. The van der Waals surface area contributed by atoms with Gasteiger partial charge in [-0.05, 0) is 64.4 Å². The lowest BCUT2D eigenvalue weighted by Gasteiger charge is -2.07. The van der Waals surface area contributed by atoms with Crippen molar-refractivity contribution in [3.05, 3.63) is 46.2 Å². The van der Waals surface area contributed by atoms with Crippen molar-refractivity contribution in [3.8, 4) is 0 Å². The van der Waals surface area contributed by atoms with Crippen molar-refractivity contribution >= 4 is 27.7 Å².